The Bertz CT molecular complexity index is 277. The lowest BCUT2D eigenvalue weighted by Gasteiger charge is -1.86. The highest BCUT2D eigenvalue weighted by molar-refractivity contribution is 7.08. The lowest BCUT2D eigenvalue weighted by molar-refractivity contribution is -0.422. The molecule has 0 unspecified atom stereocenters. The van der Waals surface area contributed by atoms with Crippen molar-refractivity contribution in [2.75, 3.05) is 0 Å². The molecule has 0 saturated heterocycles. The Labute approximate surface area is 68.1 Å². The van der Waals surface area contributed by atoms with Crippen molar-refractivity contribution in [2.24, 2.45) is 0 Å². The molecule has 1 aromatic rings. The second-order valence-corrected chi connectivity index (χ2v) is 2.88. The molecule has 0 radical (unpaired) electrons. The molecule has 0 amide bonds. The van der Waals surface area contributed by atoms with Gasteiger partial charge in [0, 0.05) is 13.0 Å². The van der Waals surface area contributed by atoms with Crippen LogP contribution in [0.25, 0.3) is 6.08 Å². The summed E-state index contributed by atoms with van der Waals surface area (Å²) in [5.41, 5.74) is 1.06. The molecule has 0 saturated carbocycles. The van der Waals surface area contributed by atoms with Gasteiger partial charge in [0.1, 0.15) is 0 Å². The van der Waals surface area contributed by atoms with Gasteiger partial charge in [0.25, 0.3) is 0 Å². The van der Waals surface area contributed by atoms with E-state index in [1.165, 1.54) is 18.3 Å². The Morgan fingerprint density at radius 2 is 2.55 bits per heavy atom. The Morgan fingerprint density at radius 1 is 1.82 bits per heavy atom. The zero-order valence-corrected chi connectivity index (χ0v) is 6.80. The largest absolute Gasteiger partial charge is 0.259 e. The molecule has 0 aliphatic rings. The van der Waals surface area contributed by atoms with Crippen LogP contribution in [0.2, 0.25) is 0 Å². The minimum atomic E-state index is -0.391. The number of nitro groups is 1. The third-order valence-corrected chi connectivity index (χ3v) is 1.91. The van der Waals surface area contributed by atoms with Crippen LogP contribution in [0.3, 0.4) is 0 Å². The van der Waals surface area contributed by atoms with E-state index in [2.05, 4.69) is 0 Å². The highest BCUT2D eigenvalue weighted by Gasteiger charge is 2.00. The number of hydrogen-bond donors (Lipinski definition) is 0. The summed E-state index contributed by atoms with van der Waals surface area (Å²) in [6, 6.07) is 1.84. The molecule has 0 aliphatic carbocycles. The molecule has 1 rings (SSSR count). The van der Waals surface area contributed by atoms with Gasteiger partial charge in [-0.2, -0.15) is 11.3 Å². The molecule has 0 aliphatic heterocycles. The molecule has 0 bridgehead atoms. The average molecular weight is 169 g/mol. The van der Waals surface area contributed by atoms with Gasteiger partial charge in [-0.1, -0.05) is 0 Å². The van der Waals surface area contributed by atoms with Gasteiger partial charge in [-0.3, -0.25) is 10.1 Å². The summed E-state index contributed by atoms with van der Waals surface area (Å²) in [6.07, 6.45) is 1.55. The molecule has 3 nitrogen and oxygen atoms in total. The number of rotatable bonds is 2. The highest BCUT2D eigenvalue weighted by atomic mass is 32.1. The van der Waals surface area contributed by atoms with Crippen LogP contribution in [0.4, 0.5) is 0 Å². The fourth-order valence-corrected chi connectivity index (χ4v) is 1.27. The smallest absolute Gasteiger partial charge is 0.243 e. The van der Waals surface area contributed by atoms with Gasteiger partial charge < -0.3 is 0 Å². The molecule has 0 fully saturated rings. The number of hydrogen-bond acceptors (Lipinski definition) is 3. The van der Waals surface area contributed by atoms with Gasteiger partial charge in [-0.25, -0.2) is 0 Å². The Balaban J connectivity index is 2.82. The first kappa shape index (κ1) is 7.94. The minimum absolute atomic E-state index is 0.170. The van der Waals surface area contributed by atoms with Gasteiger partial charge >= 0.3 is 0 Å². The van der Waals surface area contributed by atoms with E-state index in [4.69, 9.17) is 0 Å². The van der Waals surface area contributed by atoms with Crippen LogP contribution in [-0.2, 0) is 0 Å². The van der Waals surface area contributed by atoms with E-state index in [0.717, 1.165) is 5.56 Å². The van der Waals surface area contributed by atoms with Gasteiger partial charge in [-0.05, 0) is 22.4 Å². The van der Waals surface area contributed by atoms with Gasteiger partial charge in [-0.15, -0.1) is 0 Å². The van der Waals surface area contributed by atoms with Crippen molar-refractivity contribution < 1.29 is 4.92 Å². The number of thiophene rings is 1. The fraction of sp³-hybridized carbons (Fsp3) is 0.143. The van der Waals surface area contributed by atoms with E-state index in [1.54, 1.807) is 6.08 Å². The summed E-state index contributed by atoms with van der Waals surface area (Å²) >= 11 is 1.53. The Morgan fingerprint density at radius 3 is 3.00 bits per heavy atom. The maximum absolute atomic E-state index is 10.2. The minimum Gasteiger partial charge on any atom is -0.259 e. The summed E-state index contributed by atoms with van der Waals surface area (Å²) in [6.45, 7) is 1.48. The maximum Gasteiger partial charge on any atom is 0.243 e. The van der Waals surface area contributed by atoms with Crippen molar-refractivity contribution in [2.45, 2.75) is 6.92 Å². The molecule has 0 atom stereocenters. The van der Waals surface area contributed by atoms with Crippen LogP contribution in [0.1, 0.15) is 12.5 Å². The Hall–Kier alpha value is -1.16. The summed E-state index contributed by atoms with van der Waals surface area (Å²) in [7, 11) is 0. The fourth-order valence-electron chi connectivity index (χ4n) is 0.651. The predicted molar refractivity (Wildman–Crippen MR) is 45.0 cm³/mol. The van der Waals surface area contributed by atoms with E-state index in [9.17, 15) is 10.1 Å². The molecular weight excluding hydrogens is 162 g/mol. The second-order valence-electron chi connectivity index (χ2n) is 2.10. The molecule has 1 heterocycles. The Kier molecular flexibility index (Phi) is 2.38. The molecular formula is C7H7NO2S. The third-order valence-electron chi connectivity index (χ3n) is 1.21. The van der Waals surface area contributed by atoms with E-state index in [1.807, 2.05) is 16.8 Å². The van der Waals surface area contributed by atoms with E-state index >= 15 is 0 Å². The van der Waals surface area contributed by atoms with Crippen LogP contribution in [0.5, 0.6) is 0 Å². The van der Waals surface area contributed by atoms with Crippen molar-refractivity contribution in [1.29, 1.82) is 0 Å². The van der Waals surface area contributed by atoms with Crippen molar-refractivity contribution in [3.05, 3.63) is 38.2 Å². The number of nitrogens with zero attached hydrogens (tertiary/aromatic N) is 1. The predicted octanol–water partition coefficient (Wildman–Crippen LogP) is 2.39. The average Bonchev–Trinajstić information content (AvgIpc) is 2.39. The van der Waals surface area contributed by atoms with Crippen LogP contribution in [-0.4, -0.2) is 4.92 Å². The van der Waals surface area contributed by atoms with Crippen LogP contribution in [0.15, 0.2) is 22.5 Å². The molecule has 0 aromatic carbocycles. The normalized spacial score (nSPS) is 11.5. The topological polar surface area (TPSA) is 43.1 Å². The van der Waals surface area contributed by atoms with Crippen molar-refractivity contribution in [1.82, 2.24) is 0 Å². The van der Waals surface area contributed by atoms with Crippen molar-refractivity contribution >= 4 is 17.4 Å². The standard InChI is InChI=1S/C7H7NO2S/c1-6(8(9)10)4-7-2-3-11-5-7/h2-5H,1H3. The van der Waals surface area contributed by atoms with Crippen LogP contribution >= 0.6 is 11.3 Å². The SMILES string of the molecule is CC(=Cc1ccsc1)[N+](=O)[O-]. The molecule has 0 spiro atoms. The van der Waals surface area contributed by atoms with Gasteiger partial charge in [0.15, 0.2) is 0 Å². The van der Waals surface area contributed by atoms with E-state index in [0.29, 0.717) is 0 Å². The third kappa shape index (κ3) is 2.16. The first-order chi connectivity index (χ1) is 5.20. The van der Waals surface area contributed by atoms with Gasteiger partial charge in [0.05, 0.1) is 4.92 Å². The van der Waals surface area contributed by atoms with E-state index < -0.39 is 4.92 Å². The van der Waals surface area contributed by atoms with Gasteiger partial charge in [0.2, 0.25) is 5.70 Å². The second kappa shape index (κ2) is 3.30. The summed E-state index contributed by atoms with van der Waals surface area (Å²) < 4.78 is 0. The maximum atomic E-state index is 10.2. The summed E-state index contributed by atoms with van der Waals surface area (Å²) in [4.78, 5) is 9.77. The van der Waals surface area contributed by atoms with Crippen molar-refractivity contribution in [3.8, 4) is 0 Å². The van der Waals surface area contributed by atoms with Crippen molar-refractivity contribution in [3.63, 3.8) is 0 Å². The molecule has 4 heteroatoms. The molecule has 0 N–H and O–H groups in total. The lowest BCUT2D eigenvalue weighted by atomic mass is 10.3. The zero-order chi connectivity index (χ0) is 8.27. The molecule has 1 aromatic heterocycles. The highest BCUT2D eigenvalue weighted by Crippen LogP contribution is 2.10. The summed E-state index contributed by atoms with van der Waals surface area (Å²) in [5.74, 6) is 0. The number of allylic oxidation sites excluding steroid dienone is 1. The molecule has 58 valence electrons. The zero-order valence-electron chi connectivity index (χ0n) is 5.98. The van der Waals surface area contributed by atoms with E-state index in [-0.39, 0.29) is 5.70 Å². The first-order valence-electron chi connectivity index (χ1n) is 3.05. The summed E-state index contributed by atoms with van der Waals surface area (Å²) in [5, 5.41) is 13.9. The lowest BCUT2D eigenvalue weighted by Crippen LogP contribution is -1.92. The van der Waals surface area contributed by atoms with Crippen LogP contribution in [0, 0.1) is 10.1 Å². The monoisotopic (exact) mass is 169 g/mol. The first-order valence-corrected chi connectivity index (χ1v) is 3.99. The van der Waals surface area contributed by atoms with Crippen LogP contribution < -0.4 is 0 Å². The quantitative estimate of drug-likeness (QED) is 0.504. The molecule has 11 heavy (non-hydrogen) atoms.